The fourth-order valence-corrected chi connectivity index (χ4v) is 1.67. The topological polar surface area (TPSA) is 107 Å². The molecular formula is C11H12ClN3O4. The van der Waals surface area contributed by atoms with Crippen LogP contribution in [0.15, 0.2) is 18.2 Å². The maximum absolute atomic E-state index is 12.0. The van der Waals surface area contributed by atoms with Crippen LogP contribution in [0.5, 0.6) is 0 Å². The number of nitrogens with zero attached hydrogens (tertiary/aromatic N) is 2. The Kier molecular flexibility index (Phi) is 4.82. The molecule has 0 aliphatic rings. The quantitative estimate of drug-likeness (QED) is 0.648. The second-order valence-electron chi connectivity index (χ2n) is 3.71. The monoisotopic (exact) mass is 285 g/mol. The molecule has 1 aromatic rings. The number of nitrogens with two attached hydrogens (primary N) is 1. The molecule has 102 valence electrons. The van der Waals surface area contributed by atoms with Crippen LogP contribution in [-0.2, 0) is 4.79 Å². The van der Waals surface area contributed by atoms with Crippen molar-refractivity contribution in [1.82, 2.24) is 4.90 Å². The number of nitro groups is 1. The normalized spacial score (nSPS) is 10.0. The third-order valence-electron chi connectivity index (χ3n) is 2.41. The van der Waals surface area contributed by atoms with Crippen LogP contribution in [0.1, 0.15) is 17.3 Å². The van der Waals surface area contributed by atoms with Crippen molar-refractivity contribution in [3.05, 3.63) is 38.9 Å². The summed E-state index contributed by atoms with van der Waals surface area (Å²) < 4.78 is 0. The molecule has 0 fully saturated rings. The molecule has 0 spiro atoms. The van der Waals surface area contributed by atoms with E-state index in [2.05, 4.69) is 0 Å². The Morgan fingerprint density at radius 1 is 1.47 bits per heavy atom. The molecule has 0 radical (unpaired) electrons. The van der Waals surface area contributed by atoms with Gasteiger partial charge >= 0.3 is 0 Å². The number of carbonyl (C=O) groups excluding carboxylic acids is 2. The number of hydrogen-bond acceptors (Lipinski definition) is 4. The van der Waals surface area contributed by atoms with Crippen LogP contribution < -0.4 is 5.73 Å². The Bertz CT molecular complexity index is 533. The smallest absolute Gasteiger partial charge is 0.288 e. The third-order valence-corrected chi connectivity index (χ3v) is 2.73. The minimum absolute atomic E-state index is 0.0560. The molecule has 1 aromatic carbocycles. The highest BCUT2D eigenvalue weighted by molar-refractivity contribution is 6.32. The average Bonchev–Trinajstić information content (AvgIpc) is 2.35. The number of benzene rings is 1. The van der Waals surface area contributed by atoms with E-state index in [0.29, 0.717) is 0 Å². The zero-order valence-corrected chi connectivity index (χ0v) is 10.9. The zero-order valence-electron chi connectivity index (χ0n) is 10.1. The molecule has 2 N–H and O–H groups in total. The van der Waals surface area contributed by atoms with E-state index in [9.17, 15) is 19.7 Å². The Morgan fingerprint density at radius 2 is 2.11 bits per heavy atom. The van der Waals surface area contributed by atoms with Gasteiger partial charge in [0.05, 0.1) is 11.5 Å². The van der Waals surface area contributed by atoms with E-state index in [4.69, 9.17) is 17.3 Å². The lowest BCUT2D eigenvalue weighted by atomic mass is 10.1. The van der Waals surface area contributed by atoms with Crippen molar-refractivity contribution in [2.24, 2.45) is 5.73 Å². The van der Waals surface area contributed by atoms with Crippen molar-refractivity contribution in [2.75, 3.05) is 13.1 Å². The molecule has 0 saturated heterocycles. The van der Waals surface area contributed by atoms with E-state index in [-0.39, 0.29) is 29.4 Å². The van der Waals surface area contributed by atoms with Gasteiger partial charge in [-0.3, -0.25) is 19.7 Å². The summed E-state index contributed by atoms with van der Waals surface area (Å²) in [6.07, 6.45) is 0. The van der Waals surface area contributed by atoms with Gasteiger partial charge in [0.1, 0.15) is 5.02 Å². The summed E-state index contributed by atoms with van der Waals surface area (Å²) in [7, 11) is 0. The number of nitro benzene ring substituents is 1. The number of likely N-dealkylation sites (N-methyl/N-ethyl adjacent to an activating group) is 1. The van der Waals surface area contributed by atoms with Crippen molar-refractivity contribution < 1.29 is 14.5 Å². The zero-order chi connectivity index (χ0) is 14.6. The maximum Gasteiger partial charge on any atom is 0.288 e. The first-order valence-electron chi connectivity index (χ1n) is 5.38. The van der Waals surface area contributed by atoms with Gasteiger partial charge in [-0.1, -0.05) is 11.6 Å². The molecule has 2 amide bonds. The molecule has 0 heterocycles. The van der Waals surface area contributed by atoms with Gasteiger partial charge in [0.2, 0.25) is 5.91 Å². The number of hydrogen-bond donors (Lipinski definition) is 1. The molecule has 19 heavy (non-hydrogen) atoms. The predicted molar refractivity (Wildman–Crippen MR) is 68.9 cm³/mol. The summed E-state index contributed by atoms with van der Waals surface area (Å²) in [4.78, 5) is 34.1. The van der Waals surface area contributed by atoms with Gasteiger partial charge in [0, 0.05) is 18.2 Å². The van der Waals surface area contributed by atoms with E-state index < -0.39 is 16.7 Å². The Balaban J connectivity index is 3.08. The minimum atomic E-state index is -0.677. The van der Waals surface area contributed by atoms with Crippen molar-refractivity contribution in [2.45, 2.75) is 6.92 Å². The van der Waals surface area contributed by atoms with Crippen molar-refractivity contribution >= 4 is 29.1 Å². The Morgan fingerprint density at radius 3 is 2.58 bits per heavy atom. The van der Waals surface area contributed by atoms with E-state index in [1.165, 1.54) is 17.0 Å². The molecule has 7 nitrogen and oxygen atoms in total. The van der Waals surface area contributed by atoms with Crippen LogP contribution in [-0.4, -0.2) is 34.7 Å². The lowest BCUT2D eigenvalue weighted by Gasteiger charge is -2.18. The van der Waals surface area contributed by atoms with Crippen molar-refractivity contribution in [1.29, 1.82) is 0 Å². The molecule has 0 bridgehead atoms. The van der Waals surface area contributed by atoms with Crippen LogP contribution in [0.2, 0.25) is 5.02 Å². The fourth-order valence-electron chi connectivity index (χ4n) is 1.48. The summed E-state index contributed by atoms with van der Waals surface area (Å²) in [5.74, 6) is -1.17. The first kappa shape index (κ1) is 14.9. The summed E-state index contributed by atoms with van der Waals surface area (Å²) >= 11 is 5.65. The molecule has 0 aliphatic heterocycles. The summed E-state index contributed by atoms with van der Waals surface area (Å²) in [6, 6.07) is 3.71. The van der Waals surface area contributed by atoms with Gasteiger partial charge in [-0.25, -0.2) is 0 Å². The van der Waals surface area contributed by atoms with E-state index in [1.54, 1.807) is 6.92 Å². The third kappa shape index (κ3) is 3.65. The van der Waals surface area contributed by atoms with Gasteiger partial charge < -0.3 is 10.6 Å². The molecule has 8 heteroatoms. The standard InChI is InChI=1S/C11H12ClN3O4/c1-2-14(6-10(13)16)11(17)7-3-4-8(12)9(5-7)15(18)19/h3-5H,2,6H2,1H3,(H2,13,16). The first-order valence-corrected chi connectivity index (χ1v) is 5.76. The second kappa shape index (κ2) is 6.14. The van der Waals surface area contributed by atoms with Crippen LogP contribution in [0.25, 0.3) is 0 Å². The highest BCUT2D eigenvalue weighted by Gasteiger charge is 2.20. The lowest BCUT2D eigenvalue weighted by molar-refractivity contribution is -0.384. The van der Waals surface area contributed by atoms with Crippen LogP contribution in [0, 0.1) is 10.1 Å². The van der Waals surface area contributed by atoms with Crippen LogP contribution in [0.3, 0.4) is 0 Å². The number of carbonyl (C=O) groups is 2. The van der Waals surface area contributed by atoms with Gasteiger partial charge in [-0.2, -0.15) is 0 Å². The second-order valence-corrected chi connectivity index (χ2v) is 4.12. The summed E-state index contributed by atoms with van der Waals surface area (Å²) in [6.45, 7) is 1.69. The van der Waals surface area contributed by atoms with Gasteiger partial charge in [-0.05, 0) is 19.1 Å². The predicted octanol–water partition coefficient (Wildman–Crippen LogP) is 1.20. The SMILES string of the molecule is CCN(CC(N)=O)C(=O)c1ccc(Cl)c([N+](=O)[O-])c1. The maximum atomic E-state index is 12.0. The molecule has 0 aliphatic carbocycles. The minimum Gasteiger partial charge on any atom is -0.368 e. The fraction of sp³-hybridized carbons (Fsp3) is 0.273. The van der Waals surface area contributed by atoms with Gasteiger partial charge in [0.25, 0.3) is 11.6 Å². The Hall–Kier alpha value is -2.15. The average molecular weight is 286 g/mol. The van der Waals surface area contributed by atoms with Crippen LogP contribution in [0.4, 0.5) is 5.69 Å². The largest absolute Gasteiger partial charge is 0.368 e. The number of amides is 2. The molecule has 0 saturated carbocycles. The van der Waals surface area contributed by atoms with Crippen molar-refractivity contribution in [3.63, 3.8) is 0 Å². The van der Waals surface area contributed by atoms with E-state index >= 15 is 0 Å². The van der Waals surface area contributed by atoms with E-state index in [0.717, 1.165) is 6.07 Å². The Labute approximate surface area is 114 Å². The van der Waals surface area contributed by atoms with E-state index in [1.807, 2.05) is 0 Å². The molecular weight excluding hydrogens is 274 g/mol. The van der Waals surface area contributed by atoms with Gasteiger partial charge in [0.15, 0.2) is 0 Å². The number of halogens is 1. The summed E-state index contributed by atoms with van der Waals surface area (Å²) in [5.41, 5.74) is 4.75. The van der Waals surface area contributed by atoms with Crippen LogP contribution >= 0.6 is 11.6 Å². The molecule has 0 atom stereocenters. The molecule has 1 rings (SSSR count). The summed E-state index contributed by atoms with van der Waals surface area (Å²) in [5, 5.41) is 10.7. The molecule has 0 unspecified atom stereocenters. The first-order chi connectivity index (χ1) is 8.86. The van der Waals surface area contributed by atoms with Crippen molar-refractivity contribution in [3.8, 4) is 0 Å². The van der Waals surface area contributed by atoms with Gasteiger partial charge in [-0.15, -0.1) is 0 Å². The highest BCUT2D eigenvalue weighted by atomic mass is 35.5. The number of primary amides is 1. The highest BCUT2D eigenvalue weighted by Crippen LogP contribution is 2.25. The molecule has 0 aromatic heterocycles. The number of rotatable bonds is 5. The lowest BCUT2D eigenvalue weighted by Crippen LogP contribution is -2.38.